The van der Waals surface area contributed by atoms with Gasteiger partial charge in [-0.25, -0.2) is 0 Å². The Morgan fingerprint density at radius 2 is 1.81 bits per heavy atom. The minimum atomic E-state index is -0.442. The van der Waals surface area contributed by atoms with E-state index >= 15 is 0 Å². The summed E-state index contributed by atoms with van der Waals surface area (Å²) in [5.74, 6) is -0.0771. The van der Waals surface area contributed by atoms with E-state index in [4.69, 9.17) is 4.74 Å². The van der Waals surface area contributed by atoms with Gasteiger partial charge in [-0.1, -0.05) is 25.1 Å². The van der Waals surface area contributed by atoms with Crippen molar-refractivity contribution >= 4 is 28.4 Å². The van der Waals surface area contributed by atoms with Crippen LogP contribution in [0.4, 0.5) is 5.69 Å². The minimum absolute atomic E-state index is 0.162. The van der Waals surface area contributed by atoms with E-state index < -0.39 is 5.92 Å². The van der Waals surface area contributed by atoms with E-state index in [1.165, 1.54) is 4.90 Å². The lowest BCUT2D eigenvalue weighted by Crippen LogP contribution is -2.29. The molecule has 0 spiro atoms. The van der Waals surface area contributed by atoms with Gasteiger partial charge in [-0.15, -0.1) is 0 Å². The minimum Gasteiger partial charge on any atom is -0.497 e. The van der Waals surface area contributed by atoms with Gasteiger partial charge in [0.2, 0.25) is 11.8 Å². The van der Waals surface area contributed by atoms with E-state index in [9.17, 15) is 9.59 Å². The quantitative estimate of drug-likeness (QED) is 0.642. The van der Waals surface area contributed by atoms with Gasteiger partial charge in [0.25, 0.3) is 0 Å². The molecule has 1 aliphatic rings. The molecule has 1 saturated heterocycles. The van der Waals surface area contributed by atoms with Crippen LogP contribution in [0.2, 0.25) is 0 Å². The molecule has 3 aromatic rings. The van der Waals surface area contributed by atoms with E-state index in [0.717, 1.165) is 29.4 Å². The van der Waals surface area contributed by atoms with Crippen LogP contribution in [0.25, 0.3) is 10.9 Å². The first-order valence-corrected chi connectivity index (χ1v) is 9.22. The maximum atomic E-state index is 13.1. The number of carbonyl (C=O) groups excluding carboxylic acids is 2. The van der Waals surface area contributed by atoms with E-state index in [-0.39, 0.29) is 18.2 Å². The Labute approximate surface area is 158 Å². The molecule has 0 N–H and O–H groups in total. The van der Waals surface area contributed by atoms with E-state index in [2.05, 4.69) is 17.6 Å². The second-order valence-corrected chi connectivity index (χ2v) is 6.82. The van der Waals surface area contributed by atoms with Crippen LogP contribution in [0.1, 0.15) is 31.2 Å². The molecular formula is C22H22N2O3. The number of hydrogen-bond acceptors (Lipinski definition) is 3. The van der Waals surface area contributed by atoms with Crippen LogP contribution in [0.5, 0.6) is 5.75 Å². The second-order valence-electron chi connectivity index (χ2n) is 6.82. The number of fused-ring (bicyclic) bond motifs is 1. The number of amides is 2. The molecular weight excluding hydrogens is 340 g/mol. The number of benzene rings is 2. The fraction of sp³-hybridized carbons (Fsp3) is 0.273. The number of aryl methyl sites for hydroxylation is 1. The van der Waals surface area contributed by atoms with Crippen molar-refractivity contribution in [2.75, 3.05) is 12.0 Å². The summed E-state index contributed by atoms with van der Waals surface area (Å²) in [6.07, 6.45) is 3.25. The number of nitrogens with zero attached hydrogens (tertiary/aromatic N) is 2. The summed E-state index contributed by atoms with van der Waals surface area (Å²) in [7, 11) is 1.59. The molecule has 0 saturated carbocycles. The van der Waals surface area contributed by atoms with Gasteiger partial charge in [0.15, 0.2) is 0 Å². The fourth-order valence-corrected chi connectivity index (χ4v) is 3.86. The highest BCUT2D eigenvalue weighted by atomic mass is 16.5. The zero-order chi connectivity index (χ0) is 19.0. The van der Waals surface area contributed by atoms with E-state index in [1.807, 2.05) is 24.4 Å². The van der Waals surface area contributed by atoms with Crippen LogP contribution in [0.15, 0.2) is 54.7 Å². The summed E-state index contributed by atoms with van der Waals surface area (Å²) in [5.41, 5.74) is 2.64. The normalized spacial score (nSPS) is 17.1. The topological polar surface area (TPSA) is 51.5 Å². The third kappa shape index (κ3) is 2.89. The van der Waals surface area contributed by atoms with Gasteiger partial charge in [-0.05, 0) is 42.3 Å². The molecule has 4 rings (SSSR count). The molecule has 0 unspecified atom stereocenters. The van der Waals surface area contributed by atoms with Gasteiger partial charge >= 0.3 is 0 Å². The van der Waals surface area contributed by atoms with Crippen molar-refractivity contribution < 1.29 is 14.3 Å². The van der Waals surface area contributed by atoms with Crippen molar-refractivity contribution in [2.24, 2.45) is 0 Å². The molecule has 5 heteroatoms. The van der Waals surface area contributed by atoms with Crippen molar-refractivity contribution in [1.29, 1.82) is 0 Å². The number of methoxy groups -OCH3 is 1. The van der Waals surface area contributed by atoms with Crippen molar-refractivity contribution in [3.63, 3.8) is 0 Å². The average molecular weight is 362 g/mol. The smallest absolute Gasteiger partial charge is 0.241 e. The predicted octanol–water partition coefficient (Wildman–Crippen LogP) is 4.11. The highest BCUT2D eigenvalue weighted by molar-refractivity contribution is 6.23. The summed E-state index contributed by atoms with van der Waals surface area (Å²) in [6.45, 7) is 3.02. The first kappa shape index (κ1) is 17.3. The summed E-state index contributed by atoms with van der Waals surface area (Å²) >= 11 is 0. The third-order valence-corrected chi connectivity index (χ3v) is 5.14. The van der Waals surface area contributed by atoms with Gasteiger partial charge in [0, 0.05) is 30.1 Å². The standard InChI is InChI=1S/C22H22N2O3/c1-3-12-23-14-19(17-6-4-5-7-20(17)23)18-13-21(25)24(22(18)26)15-8-10-16(27-2)11-9-15/h4-11,14,18H,3,12-13H2,1-2H3/t18-/m1/s1. The Hall–Kier alpha value is -3.08. The first-order chi connectivity index (χ1) is 13.1. The lowest BCUT2D eigenvalue weighted by molar-refractivity contribution is -0.121. The molecule has 0 aliphatic carbocycles. The summed E-state index contributed by atoms with van der Waals surface area (Å²) in [5, 5.41) is 1.05. The molecule has 2 aromatic carbocycles. The summed E-state index contributed by atoms with van der Waals surface area (Å²) in [6, 6.07) is 15.1. The van der Waals surface area contributed by atoms with Gasteiger partial charge in [-0.2, -0.15) is 0 Å². The van der Waals surface area contributed by atoms with E-state index in [0.29, 0.717) is 11.4 Å². The SMILES string of the molecule is CCCn1cc([C@H]2CC(=O)N(c3ccc(OC)cc3)C2=O)c2ccccc21. The first-order valence-electron chi connectivity index (χ1n) is 9.22. The Balaban J connectivity index is 1.72. The molecule has 2 amide bonds. The van der Waals surface area contributed by atoms with Crippen LogP contribution in [0.3, 0.4) is 0 Å². The zero-order valence-electron chi connectivity index (χ0n) is 15.5. The lowest BCUT2D eigenvalue weighted by Gasteiger charge is -2.15. The molecule has 0 bridgehead atoms. The van der Waals surface area contributed by atoms with Crippen LogP contribution < -0.4 is 9.64 Å². The average Bonchev–Trinajstić information content (AvgIpc) is 3.19. The molecule has 1 atom stereocenters. The summed E-state index contributed by atoms with van der Waals surface area (Å²) in [4.78, 5) is 27.1. The van der Waals surface area contributed by atoms with Crippen molar-refractivity contribution in [1.82, 2.24) is 4.57 Å². The van der Waals surface area contributed by atoms with Crippen molar-refractivity contribution in [3.05, 3.63) is 60.3 Å². The molecule has 5 nitrogen and oxygen atoms in total. The maximum absolute atomic E-state index is 13.1. The van der Waals surface area contributed by atoms with Crippen LogP contribution in [-0.4, -0.2) is 23.5 Å². The maximum Gasteiger partial charge on any atom is 0.241 e. The molecule has 1 fully saturated rings. The Morgan fingerprint density at radius 1 is 1.07 bits per heavy atom. The molecule has 2 heterocycles. The summed E-state index contributed by atoms with van der Waals surface area (Å²) < 4.78 is 7.34. The number of ether oxygens (including phenoxy) is 1. The Bertz CT molecular complexity index is 1000. The number of imide groups is 1. The zero-order valence-corrected chi connectivity index (χ0v) is 15.5. The monoisotopic (exact) mass is 362 g/mol. The predicted molar refractivity (Wildman–Crippen MR) is 105 cm³/mol. The Morgan fingerprint density at radius 3 is 2.52 bits per heavy atom. The molecule has 1 aliphatic heterocycles. The number of carbonyl (C=O) groups is 2. The molecule has 0 radical (unpaired) electrons. The highest BCUT2D eigenvalue weighted by Crippen LogP contribution is 2.37. The van der Waals surface area contributed by atoms with Gasteiger partial charge in [-0.3, -0.25) is 14.5 Å². The lowest BCUT2D eigenvalue weighted by atomic mass is 9.97. The van der Waals surface area contributed by atoms with E-state index in [1.54, 1.807) is 31.4 Å². The number of para-hydroxylation sites is 1. The molecule has 27 heavy (non-hydrogen) atoms. The number of aromatic nitrogens is 1. The van der Waals surface area contributed by atoms with Crippen LogP contribution >= 0.6 is 0 Å². The van der Waals surface area contributed by atoms with Gasteiger partial charge in [0.1, 0.15) is 5.75 Å². The number of hydrogen-bond donors (Lipinski definition) is 0. The number of anilines is 1. The second kappa shape index (κ2) is 6.91. The fourth-order valence-electron chi connectivity index (χ4n) is 3.86. The van der Waals surface area contributed by atoms with Crippen molar-refractivity contribution in [3.8, 4) is 5.75 Å². The van der Waals surface area contributed by atoms with Crippen molar-refractivity contribution in [2.45, 2.75) is 32.2 Å². The highest BCUT2D eigenvalue weighted by Gasteiger charge is 2.41. The van der Waals surface area contributed by atoms with Crippen LogP contribution in [-0.2, 0) is 16.1 Å². The Kier molecular flexibility index (Phi) is 4.44. The molecule has 1 aromatic heterocycles. The largest absolute Gasteiger partial charge is 0.497 e. The van der Waals surface area contributed by atoms with Gasteiger partial charge < -0.3 is 9.30 Å². The number of rotatable bonds is 5. The van der Waals surface area contributed by atoms with Crippen LogP contribution in [0, 0.1) is 0 Å². The third-order valence-electron chi connectivity index (χ3n) is 5.14. The van der Waals surface area contributed by atoms with Gasteiger partial charge in [0.05, 0.1) is 18.7 Å². The molecule has 138 valence electrons.